The third-order valence-electron chi connectivity index (χ3n) is 6.04. The molecule has 0 radical (unpaired) electrons. The van der Waals surface area contributed by atoms with Gasteiger partial charge in [-0.15, -0.1) is 0 Å². The molecule has 2 aromatic rings. The number of likely N-dealkylation sites (tertiary alicyclic amines) is 1. The number of ether oxygens (including phenoxy) is 2. The number of benzene rings is 2. The highest BCUT2D eigenvalue weighted by Gasteiger charge is 2.49. The standard InChI is InChI=1S/C23H26N2O4/c1-28-22(27)25-13-6-11-23(12-14-29-21(26)24-23)20(25)16-17-7-5-10-19(15-17)18-8-3-2-4-9-18/h2-5,7-10,15,20H,6,11-14,16H2,1H3,(H,24,26)/t20-,23+/m0/s1. The fourth-order valence-corrected chi connectivity index (χ4v) is 4.62. The highest BCUT2D eigenvalue weighted by Crippen LogP contribution is 2.36. The Morgan fingerprint density at radius 1 is 1.17 bits per heavy atom. The van der Waals surface area contributed by atoms with Gasteiger partial charge in [-0.2, -0.15) is 0 Å². The second-order valence-electron chi connectivity index (χ2n) is 7.72. The van der Waals surface area contributed by atoms with Gasteiger partial charge < -0.3 is 19.7 Å². The van der Waals surface area contributed by atoms with E-state index in [1.54, 1.807) is 4.90 Å². The number of methoxy groups -OCH3 is 1. The van der Waals surface area contributed by atoms with Gasteiger partial charge in [-0.3, -0.25) is 0 Å². The van der Waals surface area contributed by atoms with Crippen LogP contribution in [0.2, 0.25) is 0 Å². The molecular weight excluding hydrogens is 368 g/mol. The summed E-state index contributed by atoms with van der Waals surface area (Å²) < 4.78 is 10.2. The number of hydrogen-bond acceptors (Lipinski definition) is 4. The first-order chi connectivity index (χ1) is 14.1. The van der Waals surface area contributed by atoms with Crippen molar-refractivity contribution >= 4 is 12.2 Å². The maximum Gasteiger partial charge on any atom is 0.409 e. The van der Waals surface area contributed by atoms with Crippen molar-refractivity contribution in [2.24, 2.45) is 0 Å². The largest absolute Gasteiger partial charge is 0.453 e. The maximum atomic E-state index is 12.5. The van der Waals surface area contributed by atoms with E-state index < -0.39 is 11.6 Å². The van der Waals surface area contributed by atoms with E-state index in [1.807, 2.05) is 24.3 Å². The fraction of sp³-hybridized carbons (Fsp3) is 0.391. The van der Waals surface area contributed by atoms with Crippen LogP contribution >= 0.6 is 0 Å². The summed E-state index contributed by atoms with van der Waals surface area (Å²) in [5.74, 6) is 0. The SMILES string of the molecule is COC(=O)N1CCC[C@@]2(CCOC(=O)N2)[C@@H]1Cc1cccc(-c2ccccc2)c1. The molecule has 2 amide bonds. The van der Waals surface area contributed by atoms with Crippen molar-refractivity contribution in [1.29, 1.82) is 0 Å². The minimum atomic E-state index is -0.496. The molecule has 2 aliphatic rings. The topological polar surface area (TPSA) is 67.9 Å². The number of carbonyl (C=O) groups is 2. The van der Waals surface area contributed by atoms with Crippen LogP contribution in [0.4, 0.5) is 9.59 Å². The molecule has 1 N–H and O–H groups in total. The zero-order valence-corrected chi connectivity index (χ0v) is 16.6. The molecule has 0 aliphatic carbocycles. The molecule has 0 bridgehead atoms. The van der Waals surface area contributed by atoms with E-state index in [0.29, 0.717) is 26.0 Å². The average molecular weight is 394 g/mol. The molecule has 0 saturated carbocycles. The van der Waals surface area contributed by atoms with E-state index in [0.717, 1.165) is 29.5 Å². The lowest BCUT2D eigenvalue weighted by Crippen LogP contribution is -2.68. The minimum absolute atomic E-state index is 0.192. The molecule has 0 unspecified atom stereocenters. The van der Waals surface area contributed by atoms with Gasteiger partial charge in [-0.25, -0.2) is 9.59 Å². The summed E-state index contributed by atoms with van der Waals surface area (Å²) in [5.41, 5.74) is 2.91. The first-order valence-corrected chi connectivity index (χ1v) is 10.1. The smallest absolute Gasteiger partial charge is 0.409 e. The number of amides is 2. The minimum Gasteiger partial charge on any atom is -0.453 e. The summed E-state index contributed by atoms with van der Waals surface area (Å²) in [7, 11) is 1.40. The Hall–Kier alpha value is -3.02. The molecule has 1 spiro atoms. The highest BCUT2D eigenvalue weighted by molar-refractivity contribution is 5.71. The lowest BCUT2D eigenvalue weighted by atomic mass is 9.75. The fourth-order valence-electron chi connectivity index (χ4n) is 4.62. The van der Waals surface area contributed by atoms with E-state index in [9.17, 15) is 9.59 Å². The van der Waals surface area contributed by atoms with Gasteiger partial charge in [0.2, 0.25) is 0 Å². The molecular formula is C23H26N2O4. The normalized spacial score (nSPS) is 24.0. The van der Waals surface area contributed by atoms with Crippen LogP contribution in [0, 0.1) is 0 Å². The summed E-state index contributed by atoms with van der Waals surface area (Å²) in [4.78, 5) is 26.3. The lowest BCUT2D eigenvalue weighted by molar-refractivity contribution is 0.00323. The molecule has 2 aliphatic heterocycles. The molecule has 6 nitrogen and oxygen atoms in total. The quantitative estimate of drug-likeness (QED) is 0.855. The van der Waals surface area contributed by atoms with Gasteiger partial charge in [0.1, 0.15) is 0 Å². The molecule has 0 aromatic heterocycles. The number of nitrogens with one attached hydrogen (secondary N) is 1. The summed E-state index contributed by atoms with van der Waals surface area (Å²) in [6, 6.07) is 18.4. The summed E-state index contributed by atoms with van der Waals surface area (Å²) >= 11 is 0. The van der Waals surface area contributed by atoms with E-state index in [4.69, 9.17) is 9.47 Å². The molecule has 2 atom stereocenters. The van der Waals surface area contributed by atoms with Crippen LogP contribution in [-0.4, -0.2) is 48.9 Å². The number of nitrogens with zero attached hydrogens (tertiary/aromatic N) is 1. The molecule has 4 rings (SSSR count). The van der Waals surface area contributed by atoms with Gasteiger partial charge in [0.15, 0.2) is 0 Å². The Balaban J connectivity index is 1.67. The van der Waals surface area contributed by atoms with E-state index in [-0.39, 0.29) is 12.1 Å². The summed E-state index contributed by atoms with van der Waals surface area (Å²) in [5, 5.41) is 3.05. The number of alkyl carbamates (subject to hydrolysis) is 1. The molecule has 2 saturated heterocycles. The summed E-state index contributed by atoms with van der Waals surface area (Å²) in [6.07, 6.45) is 2.18. The van der Waals surface area contributed by atoms with Crippen LogP contribution in [0.3, 0.4) is 0 Å². The molecule has 2 heterocycles. The van der Waals surface area contributed by atoms with Crippen molar-refractivity contribution in [3.8, 4) is 11.1 Å². The number of rotatable bonds is 3. The van der Waals surface area contributed by atoms with Gasteiger partial charge in [0, 0.05) is 13.0 Å². The number of hydrogen-bond donors (Lipinski definition) is 1. The number of carbonyl (C=O) groups excluding carboxylic acids is 2. The predicted molar refractivity (Wildman–Crippen MR) is 110 cm³/mol. The molecule has 6 heteroatoms. The lowest BCUT2D eigenvalue weighted by Gasteiger charge is -2.51. The maximum absolute atomic E-state index is 12.5. The second-order valence-corrected chi connectivity index (χ2v) is 7.72. The van der Waals surface area contributed by atoms with Crippen molar-refractivity contribution in [3.05, 3.63) is 60.2 Å². The van der Waals surface area contributed by atoms with Crippen LogP contribution in [0.25, 0.3) is 11.1 Å². The van der Waals surface area contributed by atoms with Crippen LogP contribution in [0.5, 0.6) is 0 Å². The Morgan fingerprint density at radius 3 is 2.72 bits per heavy atom. The number of cyclic esters (lactones) is 1. The van der Waals surface area contributed by atoms with E-state index in [2.05, 4.69) is 35.6 Å². The van der Waals surface area contributed by atoms with Crippen molar-refractivity contribution < 1.29 is 19.1 Å². The zero-order valence-electron chi connectivity index (χ0n) is 16.6. The first-order valence-electron chi connectivity index (χ1n) is 10.1. The molecule has 2 aromatic carbocycles. The van der Waals surface area contributed by atoms with Gasteiger partial charge in [0.25, 0.3) is 0 Å². The Labute approximate surface area is 170 Å². The van der Waals surface area contributed by atoms with E-state index in [1.165, 1.54) is 7.11 Å². The van der Waals surface area contributed by atoms with Crippen molar-refractivity contribution in [2.45, 2.75) is 37.3 Å². The van der Waals surface area contributed by atoms with Crippen LogP contribution in [0.15, 0.2) is 54.6 Å². The summed E-state index contributed by atoms with van der Waals surface area (Å²) in [6.45, 7) is 0.982. The first kappa shape index (κ1) is 19.3. The number of piperidine rings is 1. The molecule has 29 heavy (non-hydrogen) atoms. The Kier molecular flexibility index (Phi) is 5.43. The van der Waals surface area contributed by atoms with Gasteiger partial charge in [-0.05, 0) is 36.0 Å². The van der Waals surface area contributed by atoms with Crippen LogP contribution in [-0.2, 0) is 15.9 Å². The van der Waals surface area contributed by atoms with Gasteiger partial charge in [-0.1, -0.05) is 54.6 Å². The average Bonchev–Trinajstić information content (AvgIpc) is 2.75. The van der Waals surface area contributed by atoms with Crippen molar-refractivity contribution in [3.63, 3.8) is 0 Å². The van der Waals surface area contributed by atoms with E-state index >= 15 is 0 Å². The third kappa shape index (κ3) is 3.92. The molecule has 152 valence electrons. The van der Waals surface area contributed by atoms with Crippen molar-refractivity contribution in [2.75, 3.05) is 20.3 Å². The Bertz CT molecular complexity index is 881. The van der Waals surface area contributed by atoms with Crippen LogP contribution in [0.1, 0.15) is 24.8 Å². The zero-order chi connectivity index (χ0) is 20.3. The van der Waals surface area contributed by atoms with Gasteiger partial charge in [0.05, 0.1) is 25.3 Å². The highest BCUT2D eigenvalue weighted by atomic mass is 16.6. The van der Waals surface area contributed by atoms with Crippen molar-refractivity contribution in [1.82, 2.24) is 10.2 Å². The molecule has 2 fully saturated rings. The van der Waals surface area contributed by atoms with Crippen LogP contribution < -0.4 is 5.32 Å². The van der Waals surface area contributed by atoms with Gasteiger partial charge >= 0.3 is 12.2 Å². The monoisotopic (exact) mass is 394 g/mol. The predicted octanol–water partition coefficient (Wildman–Crippen LogP) is 4.00. The second kappa shape index (κ2) is 8.15. The third-order valence-corrected chi connectivity index (χ3v) is 6.04. The Morgan fingerprint density at radius 2 is 1.97 bits per heavy atom.